The van der Waals surface area contributed by atoms with Crippen molar-refractivity contribution in [2.24, 2.45) is 11.7 Å². The van der Waals surface area contributed by atoms with E-state index in [-0.39, 0.29) is 30.2 Å². The first kappa shape index (κ1) is 21.5. The molecule has 4 rings (SSSR count). The molecule has 26 heavy (non-hydrogen) atoms. The number of nitrogens with two attached hydrogens (primary N) is 1. The molecule has 1 aromatic carbocycles. The Kier molecular flexibility index (Phi) is 7.00. The van der Waals surface area contributed by atoms with Crippen LogP contribution in [0.2, 0.25) is 0 Å². The van der Waals surface area contributed by atoms with Crippen molar-refractivity contribution in [2.75, 3.05) is 31.6 Å². The summed E-state index contributed by atoms with van der Waals surface area (Å²) in [5.74, 6) is 1.04. The SMILES string of the molecule is CN1C(=O)C2(CCCN(CC3CCC(N)CC3)C2)c2ccccc21.Cl.Cl. The van der Waals surface area contributed by atoms with Crippen LogP contribution >= 0.6 is 24.8 Å². The van der Waals surface area contributed by atoms with Gasteiger partial charge in [-0.15, -0.1) is 24.8 Å². The van der Waals surface area contributed by atoms with Gasteiger partial charge in [0.05, 0.1) is 5.41 Å². The molecule has 1 spiro atoms. The number of fused-ring (bicyclic) bond motifs is 2. The number of anilines is 1. The van der Waals surface area contributed by atoms with Gasteiger partial charge in [0.15, 0.2) is 0 Å². The van der Waals surface area contributed by atoms with Crippen LogP contribution in [-0.2, 0) is 10.2 Å². The van der Waals surface area contributed by atoms with E-state index in [1.807, 2.05) is 18.0 Å². The molecule has 1 atom stereocenters. The van der Waals surface area contributed by atoms with Crippen molar-refractivity contribution in [2.45, 2.75) is 50.0 Å². The predicted molar refractivity (Wildman–Crippen MR) is 112 cm³/mol. The number of hydrogen-bond donors (Lipinski definition) is 1. The zero-order valence-corrected chi connectivity index (χ0v) is 17.2. The Labute approximate surface area is 169 Å². The third-order valence-corrected chi connectivity index (χ3v) is 6.47. The van der Waals surface area contributed by atoms with E-state index in [0.717, 1.165) is 56.9 Å². The van der Waals surface area contributed by atoms with Gasteiger partial charge in [0.25, 0.3) is 0 Å². The fourth-order valence-corrected chi connectivity index (χ4v) is 5.15. The monoisotopic (exact) mass is 399 g/mol. The van der Waals surface area contributed by atoms with E-state index in [4.69, 9.17) is 5.73 Å². The number of likely N-dealkylation sites (tertiary alicyclic amines) is 1. The normalized spacial score (nSPS) is 31.3. The number of carbonyl (C=O) groups is 1. The molecule has 146 valence electrons. The molecule has 1 unspecified atom stereocenters. The standard InChI is InChI=1S/C20H29N3O.2ClH/c1-22-18-6-3-2-5-17(18)20(19(22)24)11-4-12-23(14-20)13-15-7-9-16(21)10-8-15;;/h2-3,5-6,15-16H,4,7-14,21H2,1H3;2*1H. The van der Waals surface area contributed by atoms with Crippen LogP contribution in [0.1, 0.15) is 44.1 Å². The van der Waals surface area contributed by atoms with Gasteiger partial charge in [0, 0.05) is 31.9 Å². The Hall–Kier alpha value is -0.810. The first-order chi connectivity index (χ1) is 11.6. The molecular weight excluding hydrogens is 369 g/mol. The molecule has 3 aliphatic rings. The highest BCUT2D eigenvalue weighted by Gasteiger charge is 2.51. The number of carbonyl (C=O) groups excluding carboxylic acids is 1. The second-order valence-corrected chi connectivity index (χ2v) is 8.08. The molecule has 1 amide bonds. The van der Waals surface area contributed by atoms with E-state index in [0.29, 0.717) is 11.9 Å². The molecule has 1 aliphatic carbocycles. The molecule has 1 saturated carbocycles. The number of nitrogens with zero attached hydrogens (tertiary/aromatic N) is 2. The smallest absolute Gasteiger partial charge is 0.238 e. The van der Waals surface area contributed by atoms with Crippen LogP contribution in [0.25, 0.3) is 0 Å². The van der Waals surface area contributed by atoms with Crippen molar-refractivity contribution in [3.05, 3.63) is 29.8 Å². The maximum Gasteiger partial charge on any atom is 0.238 e. The summed E-state index contributed by atoms with van der Waals surface area (Å²) in [6, 6.07) is 8.77. The average molecular weight is 400 g/mol. The fourth-order valence-electron chi connectivity index (χ4n) is 5.15. The van der Waals surface area contributed by atoms with Crippen molar-refractivity contribution in [1.82, 2.24) is 4.90 Å². The number of amides is 1. The Bertz CT molecular complexity index is 633. The Morgan fingerprint density at radius 2 is 1.85 bits per heavy atom. The second-order valence-electron chi connectivity index (χ2n) is 8.08. The summed E-state index contributed by atoms with van der Waals surface area (Å²) in [4.78, 5) is 17.5. The number of hydrogen-bond acceptors (Lipinski definition) is 3. The molecule has 6 heteroatoms. The van der Waals surface area contributed by atoms with Crippen molar-refractivity contribution in [3.8, 4) is 0 Å². The van der Waals surface area contributed by atoms with Gasteiger partial charge in [0.1, 0.15) is 0 Å². The van der Waals surface area contributed by atoms with E-state index in [1.165, 1.54) is 18.4 Å². The average Bonchev–Trinajstić information content (AvgIpc) is 2.80. The summed E-state index contributed by atoms with van der Waals surface area (Å²) < 4.78 is 0. The quantitative estimate of drug-likeness (QED) is 0.828. The molecule has 2 heterocycles. The summed E-state index contributed by atoms with van der Waals surface area (Å²) in [6.45, 7) is 3.15. The third kappa shape index (κ3) is 3.62. The summed E-state index contributed by atoms with van der Waals surface area (Å²) in [6.07, 6.45) is 6.91. The van der Waals surface area contributed by atoms with Gasteiger partial charge < -0.3 is 15.5 Å². The van der Waals surface area contributed by atoms with Crippen molar-refractivity contribution < 1.29 is 4.79 Å². The Morgan fingerprint density at radius 3 is 2.58 bits per heavy atom. The molecule has 2 aliphatic heterocycles. The van der Waals surface area contributed by atoms with Gasteiger partial charge in [-0.1, -0.05) is 18.2 Å². The molecular formula is C20H31Cl2N3O. The minimum atomic E-state index is -0.311. The van der Waals surface area contributed by atoms with E-state index in [9.17, 15) is 4.79 Å². The Balaban J connectivity index is 0.00000121. The van der Waals surface area contributed by atoms with Gasteiger partial charge in [-0.25, -0.2) is 0 Å². The highest BCUT2D eigenvalue weighted by atomic mass is 35.5. The largest absolute Gasteiger partial charge is 0.328 e. The minimum absolute atomic E-state index is 0. The lowest BCUT2D eigenvalue weighted by Gasteiger charge is -2.41. The topological polar surface area (TPSA) is 49.6 Å². The van der Waals surface area contributed by atoms with E-state index in [1.54, 1.807) is 0 Å². The van der Waals surface area contributed by atoms with Crippen molar-refractivity contribution in [1.29, 1.82) is 0 Å². The van der Waals surface area contributed by atoms with Crippen LogP contribution in [0.15, 0.2) is 24.3 Å². The summed E-state index contributed by atoms with van der Waals surface area (Å²) in [7, 11) is 1.93. The third-order valence-electron chi connectivity index (χ3n) is 6.47. The summed E-state index contributed by atoms with van der Waals surface area (Å²) >= 11 is 0. The number of benzene rings is 1. The summed E-state index contributed by atoms with van der Waals surface area (Å²) in [5, 5.41) is 0. The first-order valence-corrected chi connectivity index (χ1v) is 9.46. The second kappa shape index (κ2) is 8.47. The van der Waals surface area contributed by atoms with Gasteiger partial charge in [-0.3, -0.25) is 4.79 Å². The minimum Gasteiger partial charge on any atom is -0.328 e. The predicted octanol–water partition coefficient (Wildman–Crippen LogP) is 3.36. The van der Waals surface area contributed by atoms with Gasteiger partial charge in [0.2, 0.25) is 5.91 Å². The van der Waals surface area contributed by atoms with Crippen molar-refractivity contribution >= 4 is 36.4 Å². The van der Waals surface area contributed by atoms with Crippen LogP contribution in [-0.4, -0.2) is 43.5 Å². The maximum absolute atomic E-state index is 13.1. The Morgan fingerprint density at radius 1 is 1.15 bits per heavy atom. The van der Waals surface area contributed by atoms with Crippen molar-refractivity contribution in [3.63, 3.8) is 0 Å². The van der Waals surface area contributed by atoms with Crippen LogP contribution in [0, 0.1) is 5.92 Å². The maximum atomic E-state index is 13.1. The number of piperidine rings is 1. The van der Waals surface area contributed by atoms with Gasteiger partial charge in [-0.05, 0) is 62.6 Å². The highest BCUT2D eigenvalue weighted by molar-refractivity contribution is 6.08. The molecule has 2 N–H and O–H groups in total. The lowest BCUT2D eigenvalue weighted by atomic mass is 9.74. The molecule has 0 bridgehead atoms. The molecule has 2 fully saturated rings. The number of rotatable bonds is 2. The molecule has 4 nitrogen and oxygen atoms in total. The van der Waals surface area contributed by atoms with E-state index >= 15 is 0 Å². The van der Waals surface area contributed by atoms with E-state index in [2.05, 4.69) is 23.1 Å². The fraction of sp³-hybridized carbons (Fsp3) is 0.650. The number of para-hydroxylation sites is 1. The lowest BCUT2D eigenvalue weighted by Crippen LogP contribution is -2.52. The zero-order valence-electron chi connectivity index (χ0n) is 15.5. The zero-order chi connectivity index (χ0) is 16.7. The molecule has 1 aromatic rings. The first-order valence-electron chi connectivity index (χ1n) is 9.46. The molecule has 0 radical (unpaired) electrons. The lowest BCUT2D eigenvalue weighted by molar-refractivity contribution is -0.125. The highest BCUT2D eigenvalue weighted by Crippen LogP contribution is 2.46. The van der Waals surface area contributed by atoms with Crippen LogP contribution in [0.4, 0.5) is 5.69 Å². The number of likely N-dealkylation sites (N-methyl/N-ethyl adjacent to an activating group) is 1. The molecule has 0 aromatic heterocycles. The van der Waals surface area contributed by atoms with Crippen LogP contribution in [0.3, 0.4) is 0 Å². The van der Waals surface area contributed by atoms with Gasteiger partial charge >= 0.3 is 0 Å². The van der Waals surface area contributed by atoms with Crippen LogP contribution < -0.4 is 10.6 Å². The van der Waals surface area contributed by atoms with E-state index < -0.39 is 0 Å². The van der Waals surface area contributed by atoms with Gasteiger partial charge in [-0.2, -0.15) is 0 Å². The number of halogens is 2. The summed E-state index contributed by atoms with van der Waals surface area (Å²) in [5.41, 5.74) is 8.08. The van der Waals surface area contributed by atoms with Crippen LogP contribution in [0.5, 0.6) is 0 Å². The molecule has 1 saturated heterocycles.